The molecule has 3 unspecified atom stereocenters. The van der Waals surface area contributed by atoms with Crippen molar-refractivity contribution < 1.29 is 31.5 Å². The molecule has 22 heavy (non-hydrogen) atoms. The fourth-order valence-electron chi connectivity index (χ4n) is 2.36. The van der Waals surface area contributed by atoms with E-state index in [1.165, 1.54) is 0 Å². The number of carbonyl (C=O) groups is 1. The molecular formula is C15H15F5O2. The Labute approximate surface area is 125 Å². The Morgan fingerprint density at radius 2 is 1.91 bits per heavy atom. The van der Waals surface area contributed by atoms with Gasteiger partial charge in [0, 0.05) is 12.0 Å². The molecule has 0 heterocycles. The number of halogens is 5. The minimum atomic E-state index is -4.59. The SMILES string of the molecule is C#CC(OC(=O)C1C(C=C(F)F)C1(C)C)/C(C)=C/C(F)(F)F. The minimum absolute atomic E-state index is 0.0541. The zero-order chi connectivity index (χ0) is 17.3. The molecule has 0 bridgehead atoms. The van der Waals surface area contributed by atoms with Crippen LogP contribution in [0.5, 0.6) is 0 Å². The monoisotopic (exact) mass is 322 g/mol. The summed E-state index contributed by atoms with van der Waals surface area (Å²) in [6.45, 7) is 4.26. The number of alkyl halides is 3. The summed E-state index contributed by atoms with van der Waals surface area (Å²) in [5, 5.41) is 0. The van der Waals surface area contributed by atoms with Crippen LogP contribution in [0.15, 0.2) is 23.8 Å². The van der Waals surface area contributed by atoms with Crippen LogP contribution in [0.1, 0.15) is 20.8 Å². The van der Waals surface area contributed by atoms with Crippen LogP contribution in [0.4, 0.5) is 22.0 Å². The van der Waals surface area contributed by atoms with Crippen molar-refractivity contribution in [2.45, 2.75) is 33.1 Å². The van der Waals surface area contributed by atoms with E-state index in [9.17, 15) is 26.7 Å². The number of hydrogen-bond donors (Lipinski definition) is 0. The number of rotatable bonds is 4. The van der Waals surface area contributed by atoms with Crippen molar-refractivity contribution >= 4 is 5.97 Å². The number of esters is 1. The highest BCUT2D eigenvalue weighted by atomic mass is 19.4. The standard InChI is InChI=1S/C15H15F5O2/c1-5-10(8(2)7-15(18,19)20)22-13(21)12-9(6-11(16)17)14(12,3)4/h1,6-7,9-10,12H,2-4H3/b8-7+. The largest absolute Gasteiger partial charge is 0.444 e. The maximum Gasteiger partial charge on any atom is 0.409 e. The topological polar surface area (TPSA) is 26.3 Å². The van der Waals surface area contributed by atoms with Crippen molar-refractivity contribution in [3.8, 4) is 12.3 Å². The van der Waals surface area contributed by atoms with Crippen LogP contribution in [0.2, 0.25) is 0 Å². The first-order chi connectivity index (χ1) is 9.90. The quantitative estimate of drug-likeness (QED) is 0.337. The van der Waals surface area contributed by atoms with E-state index in [4.69, 9.17) is 11.2 Å². The van der Waals surface area contributed by atoms with Crippen molar-refractivity contribution in [1.29, 1.82) is 0 Å². The Hall–Kier alpha value is -1.84. The zero-order valence-electron chi connectivity index (χ0n) is 12.2. The Kier molecular flexibility index (Phi) is 5.06. The van der Waals surface area contributed by atoms with Crippen molar-refractivity contribution in [3.05, 3.63) is 23.8 Å². The number of hydrogen-bond acceptors (Lipinski definition) is 2. The molecule has 0 aromatic rings. The van der Waals surface area contributed by atoms with Crippen LogP contribution in [0.3, 0.4) is 0 Å². The summed E-state index contributed by atoms with van der Waals surface area (Å²) >= 11 is 0. The second-order valence-corrected chi connectivity index (χ2v) is 5.69. The van der Waals surface area contributed by atoms with E-state index in [-0.39, 0.29) is 11.6 Å². The van der Waals surface area contributed by atoms with Gasteiger partial charge in [-0.15, -0.1) is 6.42 Å². The first-order valence-corrected chi connectivity index (χ1v) is 6.35. The maximum atomic E-state index is 12.3. The molecule has 1 fully saturated rings. The summed E-state index contributed by atoms with van der Waals surface area (Å²) in [6, 6.07) is 0. The van der Waals surface area contributed by atoms with E-state index in [0.29, 0.717) is 6.08 Å². The molecule has 1 rings (SSSR count). The lowest BCUT2D eigenvalue weighted by Gasteiger charge is -2.14. The molecular weight excluding hydrogens is 307 g/mol. The lowest BCUT2D eigenvalue weighted by atomic mass is 10.1. The third-order valence-electron chi connectivity index (χ3n) is 3.66. The van der Waals surface area contributed by atoms with Crippen LogP contribution in [-0.2, 0) is 9.53 Å². The Morgan fingerprint density at radius 1 is 1.36 bits per heavy atom. The molecule has 122 valence electrons. The van der Waals surface area contributed by atoms with Crippen LogP contribution in [-0.4, -0.2) is 18.2 Å². The lowest BCUT2D eigenvalue weighted by molar-refractivity contribution is -0.148. The smallest absolute Gasteiger partial charge is 0.409 e. The minimum Gasteiger partial charge on any atom is -0.444 e. The molecule has 1 aliphatic rings. The normalized spacial score (nSPS) is 25.0. The number of ether oxygens (including phenoxy) is 1. The van der Waals surface area contributed by atoms with Gasteiger partial charge in [-0.3, -0.25) is 4.79 Å². The van der Waals surface area contributed by atoms with Gasteiger partial charge < -0.3 is 4.74 Å². The average molecular weight is 322 g/mol. The van der Waals surface area contributed by atoms with Gasteiger partial charge in [-0.05, 0) is 24.0 Å². The molecule has 0 N–H and O–H groups in total. The molecule has 7 heteroatoms. The summed E-state index contributed by atoms with van der Waals surface area (Å²) in [7, 11) is 0. The second kappa shape index (κ2) is 6.11. The molecule has 0 aromatic heterocycles. The van der Waals surface area contributed by atoms with Gasteiger partial charge in [0.2, 0.25) is 0 Å². The van der Waals surface area contributed by atoms with Gasteiger partial charge in [-0.25, -0.2) is 0 Å². The molecule has 1 aliphatic carbocycles. The van der Waals surface area contributed by atoms with Crippen LogP contribution in [0, 0.1) is 29.6 Å². The van der Waals surface area contributed by atoms with Gasteiger partial charge in [0.25, 0.3) is 6.08 Å². The van der Waals surface area contributed by atoms with Gasteiger partial charge in [-0.1, -0.05) is 19.8 Å². The molecule has 0 aromatic carbocycles. The zero-order valence-corrected chi connectivity index (χ0v) is 12.2. The number of carbonyl (C=O) groups excluding carboxylic acids is 1. The number of allylic oxidation sites excluding steroid dienone is 2. The number of terminal acetylenes is 1. The van der Waals surface area contributed by atoms with E-state index in [1.54, 1.807) is 13.8 Å². The van der Waals surface area contributed by atoms with E-state index in [2.05, 4.69) is 0 Å². The lowest BCUT2D eigenvalue weighted by Crippen LogP contribution is -2.22. The highest BCUT2D eigenvalue weighted by Gasteiger charge is 2.62. The van der Waals surface area contributed by atoms with Crippen molar-refractivity contribution in [1.82, 2.24) is 0 Å². The molecule has 0 spiro atoms. The van der Waals surface area contributed by atoms with Gasteiger partial charge in [-0.2, -0.15) is 22.0 Å². The molecule has 0 aliphatic heterocycles. The highest BCUT2D eigenvalue weighted by Crippen LogP contribution is 2.60. The maximum absolute atomic E-state index is 12.3. The van der Waals surface area contributed by atoms with Gasteiger partial charge >= 0.3 is 12.1 Å². The van der Waals surface area contributed by atoms with E-state index in [1.807, 2.05) is 5.92 Å². The molecule has 0 amide bonds. The second-order valence-electron chi connectivity index (χ2n) is 5.69. The van der Waals surface area contributed by atoms with Gasteiger partial charge in [0.15, 0.2) is 6.10 Å². The van der Waals surface area contributed by atoms with E-state index < -0.39 is 41.6 Å². The Morgan fingerprint density at radius 3 is 2.32 bits per heavy atom. The molecule has 0 radical (unpaired) electrons. The summed E-state index contributed by atoms with van der Waals surface area (Å²) in [5.74, 6) is -0.522. The fourth-order valence-corrected chi connectivity index (χ4v) is 2.36. The summed E-state index contributed by atoms with van der Waals surface area (Å²) in [5.41, 5.74) is -1.10. The summed E-state index contributed by atoms with van der Waals surface area (Å²) in [6.07, 6.45) is -2.32. The van der Waals surface area contributed by atoms with Crippen LogP contribution >= 0.6 is 0 Å². The Bertz CT molecular complexity index is 547. The van der Waals surface area contributed by atoms with E-state index in [0.717, 1.165) is 6.92 Å². The van der Waals surface area contributed by atoms with Crippen molar-refractivity contribution in [2.24, 2.45) is 17.3 Å². The molecule has 2 nitrogen and oxygen atoms in total. The van der Waals surface area contributed by atoms with Gasteiger partial charge in [0.1, 0.15) is 0 Å². The summed E-state index contributed by atoms with van der Waals surface area (Å²) in [4.78, 5) is 12.0. The van der Waals surface area contributed by atoms with Gasteiger partial charge in [0.05, 0.1) is 5.92 Å². The third kappa shape index (κ3) is 4.33. The first kappa shape index (κ1) is 18.2. The van der Waals surface area contributed by atoms with E-state index >= 15 is 0 Å². The first-order valence-electron chi connectivity index (χ1n) is 6.35. The average Bonchev–Trinajstić information content (AvgIpc) is 2.84. The van der Waals surface area contributed by atoms with Crippen molar-refractivity contribution in [3.63, 3.8) is 0 Å². The molecule has 3 atom stereocenters. The Balaban J connectivity index is 2.82. The summed E-state index contributed by atoms with van der Waals surface area (Å²) < 4.78 is 66.2. The highest BCUT2D eigenvalue weighted by molar-refractivity contribution is 5.79. The fraction of sp³-hybridized carbons (Fsp3) is 0.533. The van der Waals surface area contributed by atoms with Crippen LogP contribution in [0.25, 0.3) is 0 Å². The third-order valence-corrected chi connectivity index (χ3v) is 3.66. The molecule has 0 saturated heterocycles. The van der Waals surface area contributed by atoms with Crippen LogP contribution < -0.4 is 0 Å². The molecule has 1 saturated carbocycles. The predicted molar refractivity (Wildman–Crippen MR) is 69.6 cm³/mol. The van der Waals surface area contributed by atoms with Crippen molar-refractivity contribution in [2.75, 3.05) is 0 Å². The predicted octanol–water partition coefficient (Wildman–Crippen LogP) is 4.09.